The molecule has 0 unspecified atom stereocenters. The lowest BCUT2D eigenvalue weighted by atomic mass is 10.2. The zero-order valence-corrected chi connectivity index (χ0v) is 9.11. The van der Waals surface area contributed by atoms with E-state index in [1.807, 2.05) is 0 Å². The van der Waals surface area contributed by atoms with Gasteiger partial charge in [-0.2, -0.15) is 0 Å². The van der Waals surface area contributed by atoms with Gasteiger partial charge in [-0.05, 0) is 12.8 Å². The molecule has 0 bridgehead atoms. The summed E-state index contributed by atoms with van der Waals surface area (Å²) in [7, 11) is 0. The highest BCUT2D eigenvalue weighted by Gasteiger charge is 2.00. The number of rotatable bonds is 8. The first-order valence-corrected chi connectivity index (χ1v) is 5.56. The normalized spacial score (nSPS) is 10.0. The zero-order valence-electron chi connectivity index (χ0n) is 8.35. The van der Waals surface area contributed by atoms with Gasteiger partial charge in [0.05, 0.1) is 6.61 Å². The molecule has 0 aliphatic rings. The van der Waals surface area contributed by atoms with Crippen molar-refractivity contribution in [3.63, 3.8) is 0 Å². The topological polar surface area (TPSA) is 26.3 Å². The molecule has 0 amide bonds. The molecule has 0 N–H and O–H groups in total. The standard InChI is InChI=1S/C10H19ClO2/c1-2-3-4-5-9-13-10(12)7-6-8-11/h2-9H2,1H3. The average molecular weight is 207 g/mol. The molecular formula is C10H19ClO2. The summed E-state index contributed by atoms with van der Waals surface area (Å²) in [5.74, 6) is 0.419. The second kappa shape index (κ2) is 9.85. The predicted octanol–water partition coefficient (Wildman–Crippen LogP) is 3.13. The number of alkyl halides is 1. The molecule has 0 aromatic rings. The molecule has 0 aliphatic carbocycles. The second-order valence-corrected chi connectivity index (χ2v) is 3.45. The Kier molecular flexibility index (Phi) is 9.66. The Bertz CT molecular complexity index is 126. The summed E-state index contributed by atoms with van der Waals surface area (Å²) in [5.41, 5.74) is 0. The number of esters is 1. The molecule has 3 heteroatoms. The van der Waals surface area contributed by atoms with Crippen molar-refractivity contribution in [1.29, 1.82) is 0 Å². The molecular weight excluding hydrogens is 188 g/mol. The van der Waals surface area contributed by atoms with Gasteiger partial charge in [0.25, 0.3) is 0 Å². The van der Waals surface area contributed by atoms with Crippen LogP contribution in [-0.4, -0.2) is 18.5 Å². The summed E-state index contributed by atoms with van der Waals surface area (Å²) in [5, 5.41) is 0. The molecule has 0 aromatic carbocycles. The third-order valence-electron chi connectivity index (χ3n) is 1.78. The van der Waals surface area contributed by atoms with Crippen LogP contribution in [0.2, 0.25) is 0 Å². The highest BCUT2D eigenvalue weighted by molar-refractivity contribution is 6.17. The second-order valence-electron chi connectivity index (χ2n) is 3.07. The molecule has 0 saturated carbocycles. The van der Waals surface area contributed by atoms with Crippen molar-refractivity contribution in [2.75, 3.05) is 12.5 Å². The Labute approximate surface area is 85.6 Å². The van der Waals surface area contributed by atoms with Crippen molar-refractivity contribution in [2.45, 2.75) is 45.4 Å². The van der Waals surface area contributed by atoms with E-state index in [2.05, 4.69) is 6.92 Å². The van der Waals surface area contributed by atoms with E-state index in [9.17, 15) is 4.79 Å². The van der Waals surface area contributed by atoms with Crippen LogP contribution in [0.25, 0.3) is 0 Å². The van der Waals surface area contributed by atoms with Gasteiger partial charge in [0, 0.05) is 12.3 Å². The van der Waals surface area contributed by atoms with Crippen molar-refractivity contribution in [3.05, 3.63) is 0 Å². The molecule has 78 valence electrons. The fourth-order valence-corrected chi connectivity index (χ4v) is 1.13. The maximum absolute atomic E-state index is 11.0. The summed E-state index contributed by atoms with van der Waals surface area (Å²) in [4.78, 5) is 11.0. The fourth-order valence-electron chi connectivity index (χ4n) is 0.998. The number of carbonyl (C=O) groups is 1. The number of carbonyl (C=O) groups excluding carboxylic acids is 1. The maximum atomic E-state index is 11.0. The quantitative estimate of drug-likeness (QED) is 0.347. The van der Waals surface area contributed by atoms with Crippen LogP contribution in [0.15, 0.2) is 0 Å². The number of hydrogen-bond acceptors (Lipinski definition) is 2. The molecule has 0 radical (unpaired) electrons. The van der Waals surface area contributed by atoms with Crippen molar-refractivity contribution in [2.24, 2.45) is 0 Å². The molecule has 0 fully saturated rings. The van der Waals surface area contributed by atoms with Crippen LogP contribution in [0.1, 0.15) is 45.4 Å². The molecule has 0 atom stereocenters. The van der Waals surface area contributed by atoms with Crippen LogP contribution in [0.4, 0.5) is 0 Å². The minimum atomic E-state index is -0.114. The van der Waals surface area contributed by atoms with Gasteiger partial charge in [-0.15, -0.1) is 11.6 Å². The van der Waals surface area contributed by atoms with Crippen molar-refractivity contribution < 1.29 is 9.53 Å². The number of unbranched alkanes of at least 4 members (excludes halogenated alkanes) is 3. The first-order chi connectivity index (χ1) is 6.31. The number of hydrogen-bond donors (Lipinski definition) is 0. The largest absolute Gasteiger partial charge is 0.466 e. The fraction of sp³-hybridized carbons (Fsp3) is 0.900. The van der Waals surface area contributed by atoms with Crippen LogP contribution in [-0.2, 0) is 9.53 Å². The molecule has 0 saturated heterocycles. The van der Waals surface area contributed by atoms with Crippen LogP contribution in [0.5, 0.6) is 0 Å². The van der Waals surface area contributed by atoms with Crippen LogP contribution < -0.4 is 0 Å². The van der Waals surface area contributed by atoms with Gasteiger partial charge in [-0.3, -0.25) is 4.79 Å². The molecule has 0 aliphatic heterocycles. The van der Waals surface area contributed by atoms with Crippen molar-refractivity contribution >= 4 is 17.6 Å². The highest BCUT2D eigenvalue weighted by atomic mass is 35.5. The lowest BCUT2D eigenvalue weighted by Crippen LogP contribution is -2.05. The monoisotopic (exact) mass is 206 g/mol. The van der Waals surface area contributed by atoms with Gasteiger partial charge in [0.1, 0.15) is 0 Å². The SMILES string of the molecule is CCCCCCOC(=O)CCCCl. The number of ether oxygens (including phenoxy) is 1. The highest BCUT2D eigenvalue weighted by Crippen LogP contribution is 2.00. The van der Waals surface area contributed by atoms with Crippen molar-refractivity contribution in [1.82, 2.24) is 0 Å². The first kappa shape index (κ1) is 12.8. The Hall–Kier alpha value is -0.240. The molecule has 13 heavy (non-hydrogen) atoms. The Morgan fingerprint density at radius 3 is 2.62 bits per heavy atom. The van der Waals surface area contributed by atoms with Crippen LogP contribution in [0, 0.1) is 0 Å². The van der Waals surface area contributed by atoms with E-state index in [1.54, 1.807) is 0 Å². The third kappa shape index (κ3) is 9.68. The van der Waals surface area contributed by atoms with E-state index >= 15 is 0 Å². The van der Waals surface area contributed by atoms with Gasteiger partial charge >= 0.3 is 5.97 Å². The van der Waals surface area contributed by atoms with Crippen molar-refractivity contribution in [3.8, 4) is 0 Å². The number of halogens is 1. The Morgan fingerprint density at radius 2 is 2.00 bits per heavy atom. The Balaban J connectivity index is 3.08. The molecule has 0 aromatic heterocycles. The van der Waals surface area contributed by atoms with E-state index in [-0.39, 0.29) is 5.97 Å². The summed E-state index contributed by atoms with van der Waals surface area (Å²) >= 11 is 5.44. The molecule has 0 spiro atoms. The smallest absolute Gasteiger partial charge is 0.305 e. The average Bonchev–Trinajstić information content (AvgIpc) is 2.14. The lowest BCUT2D eigenvalue weighted by Gasteiger charge is -2.03. The summed E-state index contributed by atoms with van der Waals surface area (Å²) in [6, 6.07) is 0. The van der Waals surface area contributed by atoms with Gasteiger partial charge in [0.2, 0.25) is 0 Å². The van der Waals surface area contributed by atoms with Crippen LogP contribution in [0.3, 0.4) is 0 Å². The molecule has 2 nitrogen and oxygen atoms in total. The predicted molar refractivity (Wildman–Crippen MR) is 55.1 cm³/mol. The van der Waals surface area contributed by atoms with Crippen LogP contribution >= 0.6 is 11.6 Å². The lowest BCUT2D eigenvalue weighted by molar-refractivity contribution is -0.143. The summed E-state index contributed by atoms with van der Waals surface area (Å²) in [6.45, 7) is 2.73. The zero-order chi connectivity index (χ0) is 9.94. The maximum Gasteiger partial charge on any atom is 0.305 e. The molecule has 0 heterocycles. The first-order valence-electron chi connectivity index (χ1n) is 5.02. The van der Waals surface area contributed by atoms with E-state index in [0.29, 0.717) is 18.9 Å². The van der Waals surface area contributed by atoms with E-state index < -0.39 is 0 Å². The van der Waals surface area contributed by atoms with E-state index in [1.165, 1.54) is 12.8 Å². The minimum Gasteiger partial charge on any atom is -0.466 e. The van der Waals surface area contributed by atoms with Gasteiger partial charge in [-0.25, -0.2) is 0 Å². The third-order valence-corrected chi connectivity index (χ3v) is 2.04. The van der Waals surface area contributed by atoms with E-state index in [0.717, 1.165) is 19.3 Å². The Morgan fingerprint density at radius 1 is 1.23 bits per heavy atom. The van der Waals surface area contributed by atoms with E-state index in [4.69, 9.17) is 16.3 Å². The molecule has 0 rings (SSSR count). The van der Waals surface area contributed by atoms with Gasteiger partial charge in [0.15, 0.2) is 0 Å². The summed E-state index contributed by atoms with van der Waals surface area (Å²) < 4.78 is 4.99. The minimum absolute atomic E-state index is 0.114. The van der Waals surface area contributed by atoms with Gasteiger partial charge in [-0.1, -0.05) is 26.2 Å². The van der Waals surface area contributed by atoms with Gasteiger partial charge < -0.3 is 4.74 Å². The summed E-state index contributed by atoms with van der Waals surface area (Å²) in [6.07, 6.45) is 5.74.